The van der Waals surface area contributed by atoms with E-state index in [9.17, 15) is 8.42 Å². The summed E-state index contributed by atoms with van der Waals surface area (Å²) in [5, 5.41) is 0. The standard InChI is InChI=1S/C24H25BrN2O3S/c1-30-22-13-12-21(25)18-23(22)31(28,29)27-16-14-26(15-17-27)24(19-8-4-2-5-9-19)20-10-6-3-7-11-20/h2-13,18,24H,14-17H2,1H3. The number of rotatable bonds is 6. The van der Waals surface area contributed by atoms with Gasteiger partial charge in [0.05, 0.1) is 13.2 Å². The second kappa shape index (κ2) is 9.53. The van der Waals surface area contributed by atoms with E-state index in [0.29, 0.717) is 36.4 Å². The number of sulfonamides is 1. The lowest BCUT2D eigenvalue weighted by atomic mass is 9.96. The maximum absolute atomic E-state index is 13.3. The molecule has 0 saturated carbocycles. The van der Waals surface area contributed by atoms with E-state index in [1.807, 2.05) is 36.4 Å². The molecule has 31 heavy (non-hydrogen) atoms. The van der Waals surface area contributed by atoms with Crippen LogP contribution in [0.15, 0.2) is 88.2 Å². The Bertz CT molecular complexity index is 1080. The van der Waals surface area contributed by atoms with Crippen LogP contribution in [-0.4, -0.2) is 50.9 Å². The third kappa shape index (κ3) is 4.70. The summed E-state index contributed by atoms with van der Waals surface area (Å²) < 4.78 is 34.3. The van der Waals surface area contributed by atoms with Crippen molar-refractivity contribution >= 4 is 26.0 Å². The summed E-state index contributed by atoms with van der Waals surface area (Å²) in [7, 11) is -2.16. The molecule has 5 nitrogen and oxygen atoms in total. The fourth-order valence-corrected chi connectivity index (χ4v) is 6.19. The van der Waals surface area contributed by atoms with Crippen molar-refractivity contribution in [1.82, 2.24) is 9.21 Å². The highest BCUT2D eigenvalue weighted by atomic mass is 79.9. The van der Waals surface area contributed by atoms with Gasteiger partial charge in [-0.3, -0.25) is 4.90 Å². The first-order chi connectivity index (χ1) is 15.0. The van der Waals surface area contributed by atoms with Crippen molar-refractivity contribution in [3.05, 3.63) is 94.5 Å². The molecule has 3 aromatic carbocycles. The highest BCUT2D eigenvalue weighted by molar-refractivity contribution is 9.10. The van der Waals surface area contributed by atoms with Crippen molar-refractivity contribution < 1.29 is 13.2 Å². The lowest BCUT2D eigenvalue weighted by Crippen LogP contribution is -2.49. The number of hydrogen-bond acceptors (Lipinski definition) is 4. The van der Waals surface area contributed by atoms with Crippen LogP contribution in [0, 0.1) is 0 Å². The minimum atomic E-state index is -3.65. The third-order valence-corrected chi connectivity index (χ3v) is 8.03. The van der Waals surface area contributed by atoms with Crippen LogP contribution in [0.4, 0.5) is 0 Å². The van der Waals surface area contributed by atoms with E-state index < -0.39 is 10.0 Å². The van der Waals surface area contributed by atoms with Crippen LogP contribution >= 0.6 is 15.9 Å². The normalized spacial score (nSPS) is 15.8. The third-order valence-electron chi connectivity index (χ3n) is 5.61. The van der Waals surface area contributed by atoms with Gasteiger partial charge in [-0.15, -0.1) is 0 Å². The Balaban J connectivity index is 1.58. The number of halogens is 1. The summed E-state index contributed by atoms with van der Waals surface area (Å²) in [5.74, 6) is 0.358. The first-order valence-corrected chi connectivity index (χ1v) is 12.4. The maximum atomic E-state index is 13.3. The quantitative estimate of drug-likeness (QED) is 0.497. The summed E-state index contributed by atoms with van der Waals surface area (Å²) in [6.07, 6.45) is 0. The molecule has 1 aliphatic heterocycles. The van der Waals surface area contributed by atoms with Crippen LogP contribution < -0.4 is 4.74 Å². The average molecular weight is 501 g/mol. The largest absolute Gasteiger partial charge is 0.495 e. The Morgan fingerprint density at radius 1 is 0.839 bits per heavy atom. The fraction of sp³-hybridized carbons (Fsp3) is 0.250. The molecule has 4 rings (SSSR count). The van der Waals surface area contributed by atoms with Crippen LogP contribution in [0.5, 0.6) is 5.75 Å². The number of methoxy groups -OCH3 is 1. The Morgan fingerprint density at radius 2 is 1.39 bits per heavy atom. The predicted molar refractivity (Wildman–Crippen MR) is 126 cm³/mol. The smallest absolute Gasteiger partial charge is 0.246 e. The number of hydrogen-bond donors (Lipinski definition) is 0. The van der Waals surface area contributed by atoms with Crippen LogP contribution in [0.25, 0.3) is 0 Å². The molecule has 0 N–H and O–H groups in total. The van der Waals surface area contributed by atoms with Crippen molar-refractivity contribution in [3.8, 4) is 5.75 Å². The minimum absolute atomic E-state index is 0.0904. The molecule has 0 bridgehead atoms. The average Bonchev–Trinajstić information content (AvgIpc) is 2.81. The summed E-state index contributed by atoms with van der Waals surface area (Å²) in [4.78, 5) is 2.55. The monoisotopic (exact) mass is 500 g/mol. The van der Waals surface area contributed by atoms with Crippen LogP contribution in [0.2, 0.25) is 0 Å². The van der Waals surface area contributed by atoms with E-state index in [1.165, 1.54) is 18.2 Å². The summed E-state index contributed by atoms with van der Waals surface area (Å²) in [5.41, 5.74) is 2.41. The lowest BCUT2D eigenvalue weighted by Gasteiger charge is -2.39. The molecule has 7 heteroatoms. The van der Waals surface area contributed by atoms with E-state index in [4.69, 9.17) is 4.74 Å². The van der Waals surface area contributed by atoms with Crippen molar-refractivity contribution in [2.24, 2.45) is 0 Å². The highest BCUT2D eigenvalue weighted by Crippen LogP contribution is 2.33. The molecule has 0 radical (unpaired) electrons. The van der Waals surface area contributed by atoms with Gasteiger partial charge in [0, 0.05) is 30.7 Å². The van der Waals surface area contributed by atoms with Gasteiger partial charge >= 0.3 is 0 Å². The van der Waals surface area contributed by atoms with E-state index in [-0.39, 0.29) is 10.9 Å². The number of ether oxygens (including phenoxy) is 1. The van der Waals surface area contributed by atoms with E-state index in [2.05, 4.69) is 45.1 Å². The van der Waals surface area contributed by atoms with Gasteiger partial charge < -0.3 is 4.74 Å². The van der Waals surface area contributed by atoms with Crippen LogP contribution in [0.3, 0.4) is 0 Å². The summed E-state index contributed by atoms with van der Waals surface area (Å²) in [6.45, 7) is 2.14. The first-order valence-electron chi connectivity index (χ1n) is 10.2. The first kappa shape index (κ1) is 22.0. The van der Waals surface area contributed by atoms with Gasteiger partial charge in [0.1, 0.15) is 10.6 Å². The second-order valence-electron chi connectivity index (χ2n) is 7.46. The molecular weight excluding hydrogens is 476 g/mol. The van der Waals surface area contributed by atoms with Gasteiger partial charge in [0.2, 0.25) is 10.0 Å². The molecule has 0 unspecified atom stereocenters. The topological polar surface area (TPSA) is 49.9 Å². The Kier molecular flexibility index (Phi) is 6.77. The van der Waals surface area contributed by atoms with Gasteiger partial charge in [-0.25, -0.2) is 8.42 Å². The van der Waals surface area contributed by atoms with Crippen molar-refractivity contribution in [2.45, 2.75) is 10.9 Å². The zero-order valence-corrected chi connectivity index (χ0v) is 19.7. The molecule has 0 aromatic heterocycles. The highest BCUT2D eigenvalue weighted by Gasteiger charge is 2.33. The number of piperazine rings is 1. The van der Waals surface area contributed by atoms with Crippen LogP contribution in [0.1, 0.15) is 17.2 Å². The van der Waals surface area contributed by atoms with Gasteiger partial charge in [-0.1, -0.05) is 76.6 Å². The molecule has 0 atom stereocenters. The second-order valence-corrected chi connectivity index (χ2v) is 10.3. The summed E-state index contributed by atoms with van der Waals surface area (Å²) >= 11 is 3.38. The van der Waals surface area contributed by atoms with Gasteiger partial charge in [-0.05, 0) is 29.3 Å². The van der Waals surface area contributed by atoms with E-state index in [1.54, 1.807) is 22.5 Å². The number of benzene rings is 3. The van der Waals surface area contributed by atoms with Gasteiger partial charge in [0.15, 0.2) is 0 Å². The van der Waals surface area contributed by atoms with Crippen molar-refractivity contribution in [2.75, 3.05) is 33.3 Å². The minimum Gasteiger partial charge on any atom is -0.495 e. The zero-order chi connectivity index (χ0) is 21.8. The molecule has 1 fully saturated rings. The lowest BCUT2D eigenvalue weighted by molar-refractivity contribution is 0.155. The molecule has 0 aliphatic carbocycles. The zero-order valence-electron chi connectivity index (χ0n) is 17.3. The van der Waals surface area contributed by atoms with Crippen LogP contribution in [-0.2, 0) is 10.0 Å². The molecule has 3 aromatic rings. The predicted octanol–water partition coefficient (Wildman–Crippen LogP) is 4.55. The molecule has 0 spiro atoms. The van der Waals surface area contributed by atoms with E-state index in [0.717, 1.165) is 0 Å². The van der Waals surface area contributed by atoms with E-state index >= 15 is 0 Å². The maximum Gasteiger partial charge on any atom is 0.246 e. The molecule has 1 saturated heterocycles. The molecule has 1 heterocycles. The SMILES string of the molecule is COc1ccc(Br)cc1S(=O)(=O)N1CCN(C(c2ccccc2)c2ccccc2)CC1. The molecule has 0 amide bonds. The number of nitrogens with zero attached hydrogens (tertiary/aromatic N) is 2. The van der Waals surface area contributed by atoms with Crippen molar-refractivity contribution in [1.29, 1.82) is 0 Å². The Morgan fingerprint density at radius 3 is 1.90 bits per heavy atom. The summed E-state index contributed by atoms with van der Waals surface area (Å²) in [6, 6.07) is 25.9. The van der Waals surface area contributed by atoms with Gasteiger partial charge in [-0.2, -0.15) is 4.31 Å². The Labute approximate surface area is 192 Å². The fourth-order valence-electron chi connectivity index (χ4n) is 4.08. The molecule has 1 aliphatic rings. The molecular formula is C24H25BrN2O3S. The molecule has 162 valence electrons. The van der Waals surface area contributed by atoms with Gasteiger partial charge in [0.25, 0.3) is 0 Å². The van der Waals surface area contributed by atoms with Crippen molar-refractivity contribution in [3.63, 3.8) is 0 Å². The Hall–Kier alpha value is -2.19.